The van der Waals surface area contributed by atoms with E-state index in [-0.39, 0.29) is 25.3 Å². The van der Waals surface area contributed by atoms with Crippen LogP contribution >= 0.6 is 11.6 Å². The van der Waals surface area contributed by atoms with Gasteiger partial charge in [0.1, 0.15) is 24.6 Å². The van der Waals surface area contributed by atoms with Gasteiger partial charge in [-0.25, -0.2) is 0 Å². The van der Waals surface area contributed by atoms with Gasteiger partial charge in [-0.15, -0.1) is 0 Å². The van der Waals surface area contributed by atoms with Crippen LogP contribution in [0.15, 0.2) is 68.1 Å². The van der Waals surface area contributed by atoms with Crippen LogP contribution in [0, 0.1) is 9.81 Å². The van der Waals surface area contributed by atoms with Crippen LogP contribution in [0.3, 0.4) is 0 Å². The number of allylic oxidation sites excluding steroid dienone is 2. The number of hydrogen-bond donors (Lipinski definition) is 2. The second-order valence-corrected chi connectivity index (χ2v) is 9.19. The number of carbonyl (C=O) groups excluding carboxylic acids is 1. The maximum atomic E-state index is 13.4. The van der Waals surface area contributed by atoms with E-state index in [0.29, 0.717) is 35.9 Å². The third kappa shape index (κ3) is 6.90. The molecule has 0 spiro atoms. The highest BCUT2D eigenvalue weighted by Crippen LogP contribution is 2.33. The molecular formula is C25H31ClN8O4. The van der Waals surface area contributed by atoms with Gasteiger partial charge in [0.25, 0.3) is 5.91 Å². The highest BCUT2D eigenvalue weighted by atomic mass is 35.5. The number of ether oxygens (including phenoxy) is 1. The largest absolute Gasteiger partial charge is 0.489 e. The molecule has 2 atom stereocenters. The number of nitrogens with one attached hydrogen (secondary N) is 2. The Hall–Kier alpha value is -3.89. The molecule has 3 rings (SSSR count). The number of rotatable bonds is 15. The number of carbonyl (C=O) groups is 1. The number of aryl methyl sites for hydroxylation is 2. The Labute approximate surface area is 225 Å². The fourth-order valence-corrected chi connectivity index (χ4v) is 4.78. The van der Waals surface area contributed by atoms with E-state index in [4.69, 9.17) is 21.9 Å². The minimum Gasteiger partial charge on any atom is -0.489 e. The highest BCUT2D eigenvalue weighted by molar-refractivity contribution is 6.31. The Balaban J connectivity index is 1.85. The molecule has 0 aromatic heterocycles. The highest BCUT2D eigenvalue weighted by Gasteiger charge is 2.39. The van der Waals surface area contributed by atoms with Crippen LogP contribution in [0.5, 0.6) is 0 Å². The van der Waals surface area contributed by atoms with Crippen molar-refractivity contribution in [3.05, 3.63) is 89.6 Å². The fraction of sp³-hybridized carbons (Fsp3) is 0.480. The van der Waals surface area contributed by atoms with Crippen LogP contribution in [0.25, 0.3) is 10.4 Å². The van der Waals surface area contributed by atoms with Gasteiger partial charge >= 0.3 is 0 Å². The summed E-state index contributed by atoms with van der Waals surface area (Å²) in [5.41, 5.74) is 13.0. The first-order valence-corrected chi connectivity index (χ1v) is 12.8. The number of nitrogens with zero attached hydrogens (tertiary/aromatic N) is 6. The number of amides is 1. The van der Waals surface area contributed by atoms with Crippen molar-refractivity contribution in [2.45, 2.75) is 58.3 Å². The maximum absolute atomic E-state index is 13.4. The first-order valence-electron chi connectivity index (χ1n) is 12.5. The smallest absolute Gasteiger partial charge is 0.270 e. The summed E-state index contributed by atoms with van der Waals surface area (Å²) in [6.45, 7) is 4.29. The van der Waals surface area contributed by atoms with Crippen LogP contribution < -0.4 is 10.6 Å². The molecule has 2 aliphatic heterocycles. The molecular weight excluding hydrogens is 512 g/mol. The Morgan fingerprint density at radius 2 is 2.00 bits per heavy atom. The van der Waals surface area contributed by atoms with Crippen LogP contribution in [0.1, 0.15) is 43.4 Å². The zero-order valence-electron chi connectivity index (χ0n) is 21.4. The maximum Gasteiger partial charge on any atom is 0.270 e. The standard InChI is InChI=1S/C25H31ClN8O4/c1-3-16-7-5-8-17(4-2)20(16)15-38-22-11-18(26)14-34-23(21(13-28-33-27)32-24(22)34)25(35)31-19(12-30-37)9-6-10-29-36/h5,7-8,11,14,19,24,32H,3-4,6,9-10,12-13,15H2,1-2H3,(H,31,35)/t19-,24?/m1/s1. The third-order valence-electron chi connectivity index (χ3n) is 6.40. The number of azide groups is 1. The molecule has 1 unspecified atom stereocenters. The van der Waals surface area contributed by atoms with E-state index in [0.717, 1.165) is 18.4 Å². The first kappa shape index (κ1) is 28.7. The molecule has 0 saturated carbocycles. The molecule has 0 bridgehead atoms. The van der Waals surface area contributed by atoms with E-state index >= 15 is 0 Å². The minimum absolute atomic E-state index is 0.0660. The molecule has 1 amide bonds. The van der Waals surface area contributed by atoms with Crippen LogP contribution in [-0.2, 0) is 29.0 Å². The summed E-state index contributed by atoms with van der Waals surface area (Å²) in [5, 5.41) is 15.7. The van der Waals surface area contributed by atoms with Crippen LogP contribution in [0.4, 0.5) is 0 Å². The number of fused-ring (bicyclic) bond motifs is 1. The molecule has 0 fully saturated rings. The van der Waals surface area contributed by atoms with E-state index in [9.17, 15) is 14.6 Å². The van der Waals surface area contributed by atoms with Crippen molar-refractivity contribution in [1.29, 1.82) is 0 Å². The Kier molecular flexibility index (Phi) is 10.7. The normalized spacial score (nSPS) is 16.9. The fourth-order valence-electron chi connectivity index (χ4n) is 4.56. The molecule has 2 aliphatic rings. The average Bonchev–Trinajstić information content (AvgIpc) is 3.28. The topological polar surface area (TPSA) is 161 Å². The summed E-state index contributed by atoms with van der Waals surface area (Å²) < 4.78 is 6.28. The van der Waals surface area contributed by atoms with Crippen molar-refractivity contribution in [3.8, 4) is 0 Å². The summed E-state index contributed by atoms with van der Waals surface area (Å²) in [6.07, 6.45) is 5.15. The van der Waals surface area contributed by atoms with E-state index in [1.54, 1.807) is 17.2 Å². The zero-order valence-corrected chi connectivity index (χ0v) is 22.1. The molecule has 1 aromatic carbocycles. The predicted octanol–water partition coefficient (Wildman–Crippen LogP) is 4.86. The van der Waals surface area contributed by atoms with Gasteiger partial charge in [0.15, 0.2) is 6.17 Å². The summed E-state index contributed by atoms with van der Waals surface area (Å²) >= 11 is 6.44. The Morgan fingerprint density at radius 3 is 2.63 bits per heavy atom. The van der Waals surface area contributed by atoms with Crippen molar-refractivity contribution in [3.63, 3.8) is 0 Å². The third-order valence-corrected chi connectivity index (χ3v) is 6.61. The van der Waals surface area contributed by atoms with Gasteiger partial charge in [0, 0.05) is 22.9 Å². The van der Waals surface area contributed by atoms with E-state index in [1.165, 1.54) is 11.1 Å². The van der Waals surface area contributed by atoms with Gasteiger partial charge < -0.3 is 20.3 Å². The molecule has 0 aliphatic carbocycles. The molecule has 38 heavy (non-hydrogen) atoms. The molecule has 12 nitrogen and oxygen atoms in total. The SMILES string of the molecule is CCc1cccc(CC)c1COC1=CC(Cl)=CN2C(C(=O)N[C@H](CCCN=O)CN=O)=C(CN=[N+]=[N-])NC12. The van der Waals surface area contributed by atoms with Gasteiger partial charge in [-0.2, -0.15) is 9.81 Å². The number of hydrogen-bond acceptors (Lipinski definition) is 9. The first-order chi connectivity index (χ1) is 18.5. The molecule has 13 heteroatoms. The van der Waals surface area contributed by atoms with Gasteiger partial charge in [0.05, 0.1) is 24.2 Å². The van der Waals surface area contributed by atoms with E-state index < -0.39 is 18.1 Å². The minimum atomic E-state index is -0.595. The predicted molar refractivity (Wildman–Crippen MR) is 144 cm³/mol. The zero-order chi connectivity index (χ0) is 27.5. The van der Waals surface area contributed by atoms with Crippen molar-refractivity contribution < 1.29 is 9.53 Å². The van der Waals surface area contributed by atoms with Gasteiger partial charge in [-0.05, 0) is 47.9 Å². The quantitative estimate of drug-likeness (QED) is 0.106. The molecule has 0 radical (unpaired) electrons. The van der Waals surface area contributed by atoms with Gasteiger partial charge in [-0.3, -0.25) is 4.79 Å². The lowest BCUT2D eigenvalue weighted by Gasteiger charge is -2.31. The summed E-state index contributed by atoms with van der Waals surface area (Å²) in [7, 11) is 0. The molecule has 202 valence electrons. The summed E-state index contributed by atoms with van der Waals surface area (Å²) in [5.74, 6) is -0.0164. The van der Waals surface area contributed by atoms with Gasteiger partial charge in [-0.1, -0.05) is 59.1 Å². The van der Waals surface area contributed by atoms with E-state index in [1.807, 2.05) is 6.07 Å². The second-order valence-electron chi connectivity index (χ2n) is 8.76. The van der Waals surface area contributed by atoms with Crippen molar-refractivity contribution >= 4 is 17.5 Å². The molecule has 1 aromatic rings. The second kappa shape index (κ2) is 14.2. The lowest BCUT2D eigenvalue weighted by Crippen LogP contribution is -2.43. The van der Waals surface area contributed by atoms with Crippen molar-refractivity contribution in [2.24, 2.45) is 15.5 Å². The summed E-state index contributed by atoms with van der Waals surface area (Å²) in [4.78, 5) is 39.2. The lowest BCUT2D eigenvalue weighted by molar-refractivity contribution is -0.119. The Morgan fingerprint density at radius 1 is 1.26 bits per heavy atom. The lowest BCUT2D eigenvalue weighted by atomic mass is 9.98. The number of nitroso groups, excluding NO2 is 2. The summed E-state index contributed by atoms with van der Waals surface area (Å²) in [6, 6.07) is 5.61. The van der Waals surface area contributed by atoms with Crippen LogP contribution in [0.2, 0.25) is 0 Å². The number of halogens is 1. The Bertz CT molecular complexity index is 1170. The van der Waals surface area contributed by atoms with Gasteiger partial charge in [0.2, 0.25) is 0 Å². The molecule has 0 saturated heterocycles. The molecule has 2 N–H and O–H groups in total. The van der Waals surface area contributed by atoms with Crippen molar-refractivity contribution in [2.75, 3.05) is 19.6 Å². The van der Waals surface area contributed by atoms with Crippen molar-refractivity contribution in [1.82, 2.24) is 15.5 Å². The van der Waals surface area contributed by atoms with E-state index in [2.05, 4.69) is 57.0 Å². The average molecular weight is 543 g/mol. The van der Waals surface area contributed by atoms with Crippen LogP contribution in [-0.4, -0.2) is 42.6 Å². The monoisotopic (exact) mass is 542 g/mol. The molecule has 2 heterocycles. The number of benzene rings is 1.